The summed E-state index contributed by atoms with van der Waals surface area (Å²) in [5.41, 5.74) is 1.27. The van der Waals surface area contributed by atoms with Gasteiger partial charge in [-0.25, -0.2) is 14.8 Å². The molecule has 0 amide bonds. The molecular weight excluding hydrogens is 178 g/mol. The molecule has 1 aromatic rings. The van der Waals surface area contributed by atoms with Gasteiger partial charge in [-0.1, -0.05) is 6.42 Å². The van der Waals surface area contributed by atoms with Gasteiger partial charge in [-0.15, -0.1) is 0 Å². The summed E-state index contributed by atoms with van der Waals surface area (Å²) >= 11 is 0. The average Bonchev–Trinajstić information content (AvgIpc) is 2.07. The average molecular weight is 189 g/mol. The molecule has 1 fully saturated rings. The van der Waals surface area contributed by atoms with Crippen molar-refractivity contribution in [3.05, 3.63) is 17.7 Å². The molecule has 0 radical (unpaired) electrons. The molecule has 1 aliphatic rings. The van der Waals surface area contributed by atoms with E-state index in [1.807, 2.05) is 6.92 Å². The van der Waals surface area contributed by atoms with Gasteiger partial charge in [0.05, 0.1) is 11.9 Å². The molecule has 72 valence electrons. The molecule has 4 nitrogen and oxygen atoms in total. The van der Waals surface area contributed by atoms with Crippen LogP contribution in [-0.4, -0.2) is 16.0 Å². The van der Waals surface area contributed by atoms with Crippen LogP contribution >= 0.6 is 0 Å². The molecule has 0 saturated heterocycles. The number of isocyanates is 1. The zero-order valence-electron chi connectivity index (χ0n) is 8.03. The first-order valence-electron chi connectivity index (χ1n) is 4.72. The standard InChI is InChI=1S/C10H11N3O/c1-7-9(12-6-14)5-11-10(13-7)8-3-2-4-8/h5,8H,2-4H2,1H3. The maximum Gasteiger partial charge on any atom is 0.240 e. The lowest BCUT2D eigenvalue weighted by atomic mass is 9.85. The summed E-state index contributed by atoms with van der Waals surface area (Å²) in [7, 11) is 0. The van der Waals surface area contributed by atoms with Gasteiger partial charge >= 0.3 is 0 Å². The minimum atomic E-state index is 0.517. The summed E-state index contributed by atoms with van der Waals surface area (Å²) in [5, 5.41) is 0. The number of rotatable bonds is 2. The van der Waals surface area contributed by atoms with Crippen molar-refractivity contribution in [1.29, 1.82) is 0 Å². The smallest absolute Gasteiger partial charge is 0.239 e. The van der Waals surface area contributed by atoms with Crippen LogP contribution in [0.2, 0.25) is 0 Å². The predicted molar refractivity (Wildman–Crippen MR) is 51.1 cm³/mol. The summed E-state index contributed by atoms with van der Waals surface area (Å²) in [6, 6.07) is 0. The van der Waals surface area contributed by atoms with E-state index in [-0.39, 0.29) is 0 Å². The molecule has 0 aromatic carbocycles. The number of nitrogens with zero attached hydrogens (tertiary/aromatic N) is 3. The number of aryl methyl sites for hydroxylation is 1. The van der Waals surface area contributed by atoms with Crippen molar-refractivity contribution in [2.24, 2.45) is 4.99 Å². The predicted octanol–water partition coefficient (Wildman–Crippen LogP) is 2.02. The van der Waals surface area contributed by atoms with Crippen LogP contribution < -0.4 is 0 Å². The van der Waals surface area contributed by atoms with Crippen molar-refractivity contribution in [1.82, 2.24) is 9.97 Å². The number of hydrogen-bond acceptors (Lipinski definition) is 4. The fourth-order valence-corrected chi connectivity index (χ4v) is 1.50. The van der Waals surface area contributed by atoms with Gasteiger partial charge in [0.25, 0.3) is 0 Å². The lowest BCUT2D eigenvalue weighted by Gasteiger charge is -2.23. The highest BCUT2D eigenvalue weighted by atomic mass is 16.1. The van der Waals surface area contributed by atoms with Crippen molar-refractivity contribution in [3.63, 3.8) is 0 Å². The molecule has 1 heterocycles. The Morgan fingerprint density at radius 1 is 1.57 bits per heavy atom. The van der Waals surface area contributed by atoms with Gasteiger partial charge in [0.2, 0.25) is 6.08 Å². The fraction of sp³-hybridized carbons (Fsp3) is 0.500. The van der Waals surface area contributed by atoms with E-state index < -0.39 is 0 Å². The SMILES string of the molecule is Cc1nc(C2CCC2)ncc1N=C=O. The molecule has 1 saturated carbocycles. The summed E-state index contributed by atoms with van der Waals surface area (Å²) < 4.78 is 0. The second kappa shape index (κ2) is 3.68. The number of hydrogen-bond donors (Lipinski definition) is 0. The monoisotopic (exact) mass is 189 g/mol. The van der Waals surface area contributed by atoms with Gasteiger partial charge in [-0.05, 0) is 19.8 Å². The highest BCUT2D eigenvalue weighted by Crippen LogP contribution is 2.34. The maximum atomic E-state index is 10.1. The minimum absolute atomic E-state index is 0.517. The molecule has 1 aromatic heterocycles. The van der Waals surface area contributed by atoms with Gasteiger partial charge in [0, 0.05) is 5.92 Å². The molecule has 1 aliphatic carbocycles. The number of aromatic nitrogens is 2. The van der Waals surface area contributed by atoms with E-state index in [0.29, 0.717) is 11.6 Å². The lowest BCUT2D eigenvalue weighted by molar-refractivity contribution is 0.401. The Kier molecular flexibility index (Phi) is 2.37. The number of aliphatic imine (C=N–C) groups is 1. The molecule has 0 spiro atoms. The Balaban J connectivity index is 2.29. The largest absolute Gasteiger partial charge is 0.240 e. The van der Waals surface area contributed by atoms with Crippen molar-refractivity contribution >= 4 is 11.8 Å². The van der Waals surface area contributed by atoms with E-state index in [9.17, 15) is 4.79 Å². The highest BCUT2D eigenvalue weighted by molar-refractivity contribution is 5.49. The summed E-state index contributed by atoms with van der Waals surface area (Å²) in [4.78, 5) is 22.1. The summed E-state index contributed by atoms with van der Waals surface area (Å²) in [6.45, 7) is 1.83. The second-order valence-corrected chi connectivity index (χ2v) is 3.53. The highest BCUT2D eigenvalue weighted by Gasteiger charge is 2.22. The zero-order chi connectivity index (χ0) is 9.97. The van der Waals surface area contributed by atoms with Crippen LogP contribution in [0.25, 0.3) is 0 Å². The van der Waals surface area contributed by atoms with E-state index in [4.69, 9.17) is 0 Å². The molecule has 0 unspecified atom stereocenters. The van der Waals surface area contributed by atoms with Crippen LogP contribution in [0.1, 0.15) is 36.7 Å². The molecule has 0 bridgehead atoms. The third-order valence-corrected chi connectivity index (χ3v) is 2.61. The van der Waals surface area contributed by atoms with Gasteiger partial charge < -0.3 is 0 Å². The van der Waals surface area contributed by atoms with E-state index in [1.54, 1.807) is 6.20 Å². The molecular formula is C10H11N3O. The van der Waals surface area contributed by atoms with Crippen molar-refractivity contribution in [2.45, 2.75) is 32.1 Å². The van der Waals surface area contributed by atoms with Gasteiger partial charge in [-0.2, -0.15) is 4.99 Å². The first-order chi connectivity index (χ1) is 6.81. The Morgan fingerprint density at radius 3 is 2.86 bits per heavy atom. The maximum absolute atomic E-state index is 10.1. The first kappa shape index (κ1) is 9.03. The Hall–Kier alpha value is -1.54. The van der Waals surface area contributed by atoms with E-state index >= 15 is 0 Å². The van der Waals surface area contributed by atoms with Crippen LogP contribution in [-0.2, 0) is 4.79 Å². The first-order valence-corrected chi connectivity index (χ1v) is 4.72. The Bertz CT molecular complexity index is 392. The van der Waals surface area contributed by atoms with E-state index in [1.165, 1.54) is 25.3 Å². The topological polar surface area (TPSA) is 55.2 Å². The minimum Gasteiger partial charge on any atom is -0.239 e. The quantitative estimate of drug-likeness (QED) is 0.528. The normalized spacial score (nSPS) is 15.8. The van der Waals surface area contributed by atoms with Crippen LogP contribution in [0.5, 0.6) is 0 Å². The van der Waals surface area contributed by atoms with Gasteiger partial charge in [0.1, 0.15) is 11.5 Å². The van der Waals surface area contributed by atoms with E-state index in [0.717, 1.165) is 11.5 Å². The van der Waals surface area contributed by atoms with Crippen molar-refractivity contribution in [2.75, 3.05) is 0 Å². The van der Waals surface area contributed by atoms with Crippen molar-refractivity contribution < 1.29 is 4.79 Å². The zero-order valence-corrected chi connectivity index (χ0v) is 8.03. The Morgan fingerprint density at radius 2 is 2.36 bits per heavy atom. The van der Waals surface area contributed by atoms with Crippen molar-refractivity contribution in [3.8, 4) is 0 Å². The number of carbonyl (C=O) groups excluding carboxylic acids is 1. The molecule has 0 N–H and O–H groups in total. The van der Waals surface area contributed by atoms with Crippen LogP contribution in [0.4, 0.5) is 5.69 Å². The molecule has 0 aliphatic heterocycles. The van der Waals surface area contributed by atoms with Crippen LogP contribution in [0, 0.1) is 6.92 Å². The second-order valence-electron chi connectivity index (χ2n) is 3.53. The van der Waals surface area contributed by atoms with Crippen LogP contribution in [0.3, 0.4) is 0 Å². The van der Waals surface area contributed by atoms with E-state index in [2.05, 4.69) is 15.0 Å². The third-order valence-electron chi connectivity index (χ3n) is 2.61. The van der Waals surface area contributed by atoms with Gasteiger partial charge in [0.15, 0.2) is 0 Å². The molecule has 2 rings (SSSR count). The molecule has 4 heteroatoms. The Labute approximate surface area is 82.1 Å². The molecule has 14 heavy (non-hydrogen) atoms. The fourth-order valence-electron chi connectivity index (χ4n) is 1.50. The lowest BCUT2D eigenvalue weighted by Crippen LogP contribution is -2.12. The third kappa shape index (κ3) is 1.56. The van der Waals surface area contributed by atoms with Crippen LogP contribution in [0.15, 0.2) is 11.2 Å². The van der Waals surface area contributed by atoms with Gasteiger partial charge in [-0.3, -0.25) is 0 Å². The summed E-state index contributed by atoms with van der Waals surface area (Å²) in [6.07, 6.45) is 6.71. The molecule has 0 atom stereocenters. The summed E-state index contributed by atoms with van der Waals surface area (Å²) in [5.74, 6) is 1.40.